The molecule has 4 rings (SSSR count). The van der Waals surface area contributed by atoms with E-state index in [2.05, 4.69) is 10.3 Å². The molecule has 24 heavy (non-hydrogen) atoms. The molecular weight excluding hydrogens is 312 g/mol. The van der Waals surface area contributed by atoms with E-state index in [1.54, 1.807) is 0 Å². The van der Waals surface area contributed by atoms with Gasteiger partial charge in [0.25, 0.3) is 12.4 Å². The zero-order valence-corrected chi connectivity index (χ0v) is 13.2. The van der Waals surface area contributed by atoms with Gasteiger partial charge in [-0.3, -0.25) is 14.4 Å². The van der Waals surface area contributed by atoms with Crippen LogP contribution in [0.4, 0.5) is 0 Å². The molecule has 8 heteroatoms. The minimum atomic E-state index is -0.250. The monoisotopic (exact) mass is 330 g/mol. The maximum atomic E-state index is 12.7. The van der Waals surface area contributed by atoms with Crippen LogP contribution in [0, 0.1) is 12.8 Å². The summed E-state index contributed by atoms with van der Waals surface area (Å²) in [6.07, 6.45) is 4.33. The smallest absolute Gasteiger partial charge is 0.290 e. The molecule has 0 aliphatic carbocycles. The van der Waals surface area contributed by atoms with Crippen LogP contribution in [0.5, 0.6) is 0 Å². The van der Waals surface area contributed by atoms with Crippen LogP contribution in [-0.2, 0) is 9.59 Å². The van der Waals surface area contributed by atoms with Crippen molar-refractivity contribution in [3.8, 4) is 0 Å². The molecule has 2 aliphatic rings. The molecule has 8 nitrogen and oxygen atoms in total. The summed E-state index contributed by atoms with van der Waals surface area (Å²) in [4.78, 5) is 38.7. The molecule has 0 saturated carbocycles. The third-order valence-corrected chi connectivity index (χ3v) is 4.36. The van der Waals surface area contributed by atoms with Gasteiger partial charge in [0.1, 0.15) is 5.65 Å². The summed E-state index contributed by atoms with van der Waals surface area (Å²) in [5.74, 6) is 0.348. The highest BCUT2D eigenvalue weighted by molar-refractivity contribution is 6.00. The van der Waals surface area contributed by atoms with Gasteiger partial charge in [-0.05, 0) is 19.1 Å². The number of fused-ring (bicyclic) bond motifs is 2. The predicted octanol–water partition coefficient (Wildman–Crippen LogP) is 0.304. The number of aryl methyl sites for hydroxylation is 1. The molecule has 0 spiro atoms. The molecule has 2 aromatic heterocycles. The van der Waals surface area contributed by atoms with E-state index in [9.17, 15) is 9.59 Å². The fourth-order valence-corrected chi connectivity index (χ4v) is 3.38. The molecule has 126 valence electrons. The highest BCUT2D eigenvalue weighted by Crippen LogP contribution is 2.27. The second kappa shape index (κ2) is 6.31. The lowest BCUT2D eigenvalue weighted by Crippen LogP contribution is -2.35. The molecule has 0 unspecified atom stereocenters. The first-order valence-electron chi connectivity index (χ1n) is 7.64. The van der Waals surface area contributed by atoms with Crippen LogP contribution < -0.4 is 5.32 Å². The van der Waals surface area contributed by atoms with Crippen LogP contribution in [0.3, 0.4) is 0 Å². The number of carbonyl (C=O) groups excluding carboxylic acids is 2. The topological polar surface area (TPSA) is 104 Å². The molecule has 0 radical (unpaired) electrons. The maximum Gasteiger partial charge on any atom is 0.290 e. The van der Waals surface area contributed by atoms with E-state index in [0.717, 1.165) is 5.69 Å². The molecule has 2 N–H and O–H groups in total. The Morgan fingerprint density at radius 3 is 2.92 bits per heavy atom. The van der Waals surface area contributed by atoms with Crippen molar-refractivity contribution in [3.05, 3.63) is 35.8 Å². The number of imidazole rings is 1. The molecule has 2 atom stereocenters. The number of hydrogen-bond donors (Lipinski definition) is 2. The first kappa shape index (κ1) is 16.0. The molecule has 2 amide bonds. The number of amides is 2. The Bertz CT molecular complexity index is 784. The standard InChI is InChI=1S/C15H16N4O2.CH2O2/c1-9-6-18-4-2-3-11(14(18)16-9)15(21)19-7-10-5-13(20)17-12(10)8-19;2-1-3/h2-4,6,10,12H,5,7-8H2,1H3,(H,17,20);1H,(H,2,3)/t10-,12+;/m0./s1. The molecule has 2 saturated heterocycles. The first-order chi connectivity index (χ1) is 11.5. The van der Waals surface area contributed by atoms with Crippen molar-refractivity contribution in [3.63, 3.8) is 0 Å². The van der Waals surface area contributed by atoms with E-state index in [4.69, 9.17) is 9.90 Å². The van der Waals surface area contributed by atoms with Crippen LogP contribution in [0.2, 0.25) is 0 Å². The third-order valence-electron chi connectivity index (χ3n) is 4.36. The molecule has 2 aromatic rings. The van der Waals surface area contributed by atoms with E-state index in [1.807, 2.05) is 40.8 Å². The fourth-order valence-electron chi connectivity index (χ4n) is 3.38. The number of carboxylic acid groups (broad SMARTS) is 1. The summed E-state index contributed by atoms with van der Waals surface area (Å²) in [6, 6.07) is 3.79. The SMILES string of the molecule is Cc1cn2cccc(C(=O)N3C[C@@H]4CC(=O)N[C@@H]4C3)c2n1.O=CO. The maximum absolute atomic E-state index is 12.7. The average molecular weight is 330 g/mol. The van der Waals surface area contributed by atoms with Crippen molar-refractivity contribution in [2.45, 2.75) is 19.4 Å². The fraction of sp³-hybridized carbons (Fsp3) is 0.375. The van der Waals surface area contributed by atoms with E-state index in [-0.39, 0.29) is 30.2 Å². The minimum absolute atomic E-state index is 0.00477. The van der Waals surface area contributed by atoms with E-state index in [0.29, 0.717) is 30.7 Å². The first-order valence-corrected chi connectivity index (χ1v) is 7.64. The molecule has 2 aliphatic heterocycles. The predicted molar refractivity (Wildman–Crippen MR) is 84.6 cm³/mol. The van der Waals surface area contributed by atoms with Gasteiger partial charge in [-0.1, -0.05) is 0 Å². The lowest BCUT2D eigenvalue weighted by molar-refractivity contribution is -0.123. The zero-order valence-electron chi connectivity index (χ0n) is 13.2. The highest BCUT2D eigenvalue weighted by Gasteiger charge is 2.41. The van der Waals surface area contributed by atoms with Crippen molar-refractivity contribution in [2.75, 3.05) is 13.1 Å². The quantitative estimate of drug-likeness (QED) is 0.732. The molecule has 4 heterocycles. The number of carbonyl (C=O) groups is 3. The second-order valence-electron chi connectivity index (χ2n) is 5.99. The van der Waals surface area contributed by atoms with Crippen molar-refractivity contribution in [1.29, 1.82) is 0 Å². The number of rotatable bonds is 1. The summed E-state index contributed by atoms with van der Waals surface area (Å²) < 4.78 is 1.88. The molecule has 2 fully saturated rings. The summed E-state index contributed by atoms with van der Waals surface area (Å²) >= 11 is 0. The minimum Gasteiger partial charge on any atom is -0.483 e. The van der Waals surface area contributed by atoms with E-state index in [1.165, 1.54) is 0 Å². The molecule has 0 aromatic carbocycles. The number of pyridine rings is 1. The van der Waals surface area contributed by atoms with Gasteiger partial charge in [0.2, 0.25) is 5.91 Å². The van der Waals surface area contributed by atoms with Gasteiger partial charge in [-0.2, -0.15) is 0 Å². The van der Waals surface area contributed by atoms with Crippen LogP contribution >= 0.6 is 0 Å². The lowest BCUT2D eigenvalue weighted by Gasteiger charge is -2.17. The highest BCUT2D eigenvalue weighted by atomic mass is 16.3. The lowest BCUT2D eigenvalue weighted by atomic mass is 10.1. The Morgan fingerprint density at radius 2 is 2.21 bits per heavy atom. The van der Waals surface area contributed by atoms with Gasteiger partial charge >= 0.3 is 0 Å². The van der Waals surface area contributed by atoms with Gasteiger partial charge < -0.3 is 19.7 Å². The van der Waals surface area contributed by atoms with Crippen molar-refractivity contribution >= 4 is 23.9 Å². The van der Waals surface area contributed by atoms with E-state index >= 15 is 0 Å². The van der Waals surface area contributed by atoms with Gasteiger partial charge in [0.05, 0.1) is 17.3 Å². The largest absolute Gasteiger partial charge is 0.483 e. The summed E-state index contributed by atoms with van der Waals surface area (Å²) in [5.41, 5.74) is 2.21. The van der Waals surface area contributed by atoms with E-state index < -0.39 is 0 Å². The Balaban J connectivity index is 0.000000526. The summed E-state index contributed by atoms with van der Waals surface area (Å²) in [6.45, 7) is 2.90. The number of hydrogen-bond acceptors (Lipinski definition) is 4. The third kappa shape index (κ3) is 2.82. The van der Waals surface area contributed by atoms with Crippen molar-refractivity contribution in [1.82, 2.24) is 19.6 Å². The average Bonchev–Trinajstić information content (AvgIpc) is 3.17. The number of nitrogens with one attached hydrogen (secondary N) is 1. The Hall–Kier alpha value is -2.90. The Labute approximate surface area is 138 Å². The van der Waals surface area contributed by atoms with Crippen molar-refractivity contribution < 1.29 is 19.5 Å². The second-order valence-corrected chi connectivity index (χ2v) is 5.99. The Morgan fingerprint density at radius 1 is 1.46 bits per heavy atom. The van der Waals surface area contributed by atoms with Crippen LogP contribution in [0.1, 0.15) is 22.5 Å². The summed E-state index contributed by atoms with van der Waals surface area (Å²) in [5, 5.41) is 9.83. The van der Waals surface area contributed by atoms with Gasteiger partial charge in [0, 0.05) is 37.8 Å². The number of nitrogens with zero attached hydrogens (tertiary/aromatic N) is 3. The normalized spacial score (nSPS) is 21.9. The van der Waals surface area contributed by atoms with Crippen LogP contribution in [0.25, 0.3) is 5.65 Å². The number of likely N-dealkylation sites (tertiary alicyclic amines) is 1. The molecular formula is C16H18N4O4. The van der Waals surface area contributed by atoms with Gasteiger partial charge in [-0.15, -0.1) is 0 Å². The van der Waals surface area contributed by atoms with Gasteiger partial charge in [-0.25, -0.2) is 4.98 Å². The van der Waals surface area contributed by atoms with Gasteiger partial charge in [0.15, 0.2) is 0 Å². The zero-order chi connectivity index (χ0) is 17.3. The van der Waals surface area contributed by atoms with Crippen LogP contribution in [-0.4, -0.2) is 56.8 Å². The molecule has 0 bridgehead atoms. The van der Waals surface area contributed by atoms with Crippen molar-refractivity contribution in [2.24, 2.45) is 5.92 Å². The van der Waals surface area contributed by atoms with Crippen LogP contribution in [0.15, 0.2) is 24.5 Å². The number of aromatic nitrogens is 2. The summed E-state index contributed by atoms with van der Waals surface area (Å²) in [7, 11) is 0. The Kier molecular flexibility index (Phi) is 4.20.